The maximum absolute atomic E-state index is 12.9. The van der Waals surface area contributed by atoms with Crippen molar-refractivity contribution in [1.82, 2.24) is 9.38 Å². The van der Waals surface area contributed by atoms with E-state index >= 15 is 0 Å². The highest BCUT2D eigenvalue weighted by Gasteiger charge is 2.19. The molecule has 0 radical (unpaired) electrons. The highest BCUT2D eigenvalue weighted by Crippen LogP contribution is 2.23. The molecule has 4 nitrogen and oxygen atoms in total. The molecule has 0 atom stereocenters. The van der Waals surface area contributed by atoms with Gasteiger partial charge in [-0.25, -0.2) is 4.98 Å². The van der Waals surface area contributed by atoms with Gasteiger partial charge >= 0.3 is 0 Å². The third-order valence-corrected chi connectivity index (χ3v) is 4.90. The molecule has 0 aliphatic rings. The van der Waals surface area contributed by atoms with Crippen LogP contribution in [0.5, 0.6) is 0 Å². The van der Waals surface area contributed by atoms with E-state index in [1.807, 2.05) is 54.8 Å². The number of anilines is 1. The number of rotatable bonds is 4. The van der Waals surface area contributed by atoms with E-state index in [-0.39, 0.29) is 5.91 Å². The van der Waals surface area contributed by atoms with Crippen LogP contribution in [-0.4, -0.2) is 15.3 Å². The Hall–Kier alpha value is -2.14. The summed E-state index contributed by atoms with van der Waals surface area (Å²) < 4.78 is 2.86. The summed E-state index contributed by atoms with van der Waals surface area (Å²) in [7, 11) is 0. The summed E-state index contributed by atoms with van der Waals surface area (Å²) >= 11 is 3.50. The second-order valence-corrected chi connectivity index (χ2v) is 6.81. The van der Waals surface area contributed by atoms with E-state index < -0.39 is 0 Å². The van der Waals surface area contributed by atoms with Crippen molar-refractivity contribution in [2.24, 2.45) is 0 Å². The van der Waals surface area contributed by atoms with Crippen LogP contribution in [0.3, 0.4) is 0 Å². The number of halogens is 1. The molecule has 0 unspecified atom stereocenters. The minimum atomic E-state index is -0.132. The number of aryl methyl sites for hydroxylation is 3. The van der Waals surface area contributed by atoms with Crippen molar-refractivity contribution in [2.75, 3.05) is 5.32 Å². The van der Waals surface area contributed by atoms with Gasteiger partial charge in [0.25, 0.3) is 5.91 Å². The minimum absolute atomic E-state index is 0.132. The summed E-state index contributed by atoms with van der Waals surface area (Å²) in [5, 5.41) is 2.99. The van der Waals surface area contributed by atoms with Gasteiger partial charge in [-0.1, -0.05) is 41.4 Å². The molecule has 3 aromatic rings. The molecule has 24 heavy (non-hydrogen) atoms. The number of nitrogens with one attached hydrogen (secondary N) is 1. The van der Waals surface area contributed by atoms with Crippen molar-refractivity contribution >= 4 is 33.2 Å². The van der Waals surface area contributed by atoms with Crippen LogP contribution in [-0.2, 0) is 6.42 Å². The minimum Gasteiger partial charge on any atom is -0.321 e. The molecule has 0 saturated heterocycles. The molecule has 0 spiro atoms. The summed E-state index contributed by atoms with van der Waals surface area (Å²) in [6.07, 6.45) is 3.62. The van der Waals surface area contributed by atoms with E-state index in [1.54, 1.807) is 0 Å². The number of carbonyl (C=O) groups excluding carboxylic acids is 1. The fourth-order valence-corrected chi connectivity index (χ4v) is 3.14. The maximum atomic E-state index is 12.9. The number of benzene rings is 1. The predicted octanol–water partition coefficient (Wildman–Crippen LogP) is 4.92. The third kappa shape index (κ3) is 3.08. The first-order chi connectivity index (χ1) is 11.5. The lowest BCUT2D eigenvalue weighted by Crippen LogP contribution is -2.16. The van der Waals surface area contributed by atoms with Crippen LogP contribution in [0.4, 0.5) is 5.69 Å². The van der Waals surface area contributed by atoms with Crippen molar-refractivity contribution in [3.8, 4) is 0 Å². The highest BCUT2D eigenvalue weighted by atomic mass is 79.9. The quantitative estimate of drug-likeness (QED) is 0.692. The van der Waals surface area contributed by atoms with Gasteiger partial charge in [0.1, 0.15) is 11.3 Å². The Morgan fingerprint density at radius 1 is 1.25 bits per heavy atom. The first kappa shape index (κ1) is 16.7. The third-order valence-electron chi connectivity index (χ3n) is 4.05. The average molecular weight is 386 g/mol. The number of fused-ring (bicyclic) bond motifs is 1. The van der Waals surface area contributed by atoms with Crippen LogP contribution in [0, 0.1) is 13.8 Å². The van der Waals surface area contributed by atoms with Crippen molar-refractivity contribution in [3.05, 3.63) is 63.5 Å². The fourth-order valence-electron chi connectivity index (χ4n) is 2.76. The molecular weight excluding hydrogens is 366 g/mol. The summed E-state index contributed by atoms with van der Waals surface area (Å²) in [5.41, 5.74) is 5.26. The first-order valence-corrected chi connectivity index (χ1v) is 8.84. The van der Waals surface area contributed by atoms with Gasteiger partial charge in [-0.2, -0.15) is 0 Å². The normalized spacial score (nSPS) is 11.0. The number of imidazole rings is 1. The Balaban J connectivity index is 2.03. The van der Waals surface area contributed by atoms with E-state index in [0.717, 1.165) is 45.5 Å². The number of hydrogen-bond donors (Lipinski definition) is 1. The molecule has 3 rings (SSSR count). The number of hydrogen-bond acceptors (Lipinski definition) is 2. The summed E-state index contributed by atoms with van der Waals surface area (Å²) in [4.78, 5) is 17.6. The van der Waals surface area contributed by atoms with Gasteiger partial charge in [-0.15, -0.1) is 0 Å². The van der Waals surface area contributed by atoms with Crippen LogP contribution in [0.25, 0.3) is 5.65 Å². The Morgan fingerprint density at radius 3 is 2.75 bits per heavy atom. The van der Waals surface area contributed by atoms with E-state index in [4.69, 9.17) is 0 Å². The van der Waals surface area contributed by atoms with Crippen molar-refractivity contribution in [3.63, 3.8) is 0 Å². The molecule has 0 fully saturated rings. The number of pyridine rings is 1. The molecule has 0 saturated carbocycles. The molecule has 0 bridgehead atoms. The molecule has 2 aromatic heterocycles. The Kier molecular flexibility index (Phi) is 4.71. The average Bonchev–Trinajstić information content (AvgIpc) is 2.91. The van der Waals surface area contributed by atoms with E-state index in [0.29, 0.717) is 5.69 Å². The van der Waals surface area contributed by atoms with Crippen molar-refractivity contribution in [1.29, 1.82) is 0 Å². The fraction of sp³-hybridized carbons (Fsp3) is 0.263. The van der Waals surface area contributed by atoms with Gasteiger partial charge in [0.15, 0.2) is 0 Å². The van der Waals surface area contributed by atoms with E-state index in [1.165, 1.54) is 0 Å². The van der Waals surface area contributed by atoms with Crippen LogP contribution >= 0.6 is 15.9 Å². The summed E-state index contributed by atoms with van der Waals surface area (Å²) in [6, 6.07) is 9.76. The zero-order chi connectivity index (χ0) is 17.3. The number of amides is 1. The standard InChI is InChI=1S/C19H20BrN3O/c1-4-6-16-17(23-10-5-7-13(3)18(23)22-16)19(24)21-14-9-8-12(2)15(20)11-14/h5,7-11H,4,6H2,1-3H3,(H,21,24). The summed E-state index contributed by atoms with van der Waals surface area (Å²) in [5.74, 6) is -0.132. The SMILES string of the molecule is CCCc1nc2c(C)cccn2c1C(=O)Nc1ccc(C)c(Br)c1. The second-order valence-electron chi connectivity index (χ2n) is 5.96. The Labute approximate surface area is 150 Å². The van der Waals surface area contributed by atoms with Crippen molar-refractivity contribution < 1.29 is 4.79 Å². The zero-order valence-corrected chi connectivity index (χ0v) is 15.6. The van der Waals surface area contributed by atoms with Gasteiger partial charge in [-0.3, -0.25) is 9.20 Å². The van der Waals surface area contributed by atoms with E-state index in [9.17, 15) is 4.79 Å². The smallest absolute Gasteiger partial charge is 0.274 e. The molecule has 0 aliphatic carbocycles. The van der Waals surface area contributed by atoms with Crippen LogP contribution in [0.15, 0.2) is 41.0 Å². The number of carbonyl (C=O) groups is 1. The lowest BCUT2D eigenvalue weighted by molar-refractivity contribution is 0.102. The van der Waals surface area contributed by atoms with Gasteiger partial charge in [0.2, 0.25) is 0 Å². The summed E-state index contributed by atoms with van der Waals surface area (Å²) in [6.45, 7) is 6.12. The maximum Gasteiger partial charge on any atom is 0.274 e. The molecule has 1 N–H and O–H groups in total. The monoisotopic (exact) mass is 385 g/mol. The van der Waals surface area contributed by atoms with Crippen molar-refractivity contribution in [2.45, 2.75) is 33.6 Å². The lowest BCUT2D eigenvalue weighted by Gasteiger charge is -2.08. The Bertz CT molecular complexity index is 914. The molecular formula is C19H20BrN3O. The molecule has 0 aliphatic heterocycles. The number of aromatic nitrogens is 2. The van der Waals surface area contributed by atoms with Gasteiger partial charge in [-0.05, 0) is 49.6 Å². The topological polar surface area (TPSA) is 46.4 Å². The lowest BCUT2D eigenvalue weighted by atomic mass is 10.2. The first-order valence-electron chi connectivity index (χ1n) is 8.05. The molecule has 2 heterocycles. The number of nitrogens with zero attached hydrogens (tertiary/aromatic N) is 2. The molecule has 124 valence electrons. The second kappa shape index (κ2) is 6.77. The van der Waals surface area contributed by atoms with Crippen LogP contribution < -0.4 is 5.32 Å². The Morgan fingerprint density at radius 2 is 2.04 bits per heavy atom. The molecule has 5 heteroatoms. The zero-order valence-electron chi connectivity index (χ0n) is 14.1. The van der Waals surface area contributed by atoms with Gasteiger partial charge < -0.3 is 5.32 Å². The van der Waals surface area contributed by atoms with Gasteiger partial charge in [0.05, 0.1) is 5.69 Å². The largest absolute Gasteiger partial charge is 0.321 e. The highest BCUT2D eigenvalue weighted by molar-refractivity contribution is 9.10. The van der Waals surface area contributed by atoms with Crippen LogP contribution in [0.2, 0.25) is 0 Å². The van der Waals surface area contributed by atoms with Gasteiger partial charge in [0, 0.05) is 16.4 Å². The molecule has 1 amide bonds. The van der Waals surface area contributed by atoms with Crippen LogP contribution in [0.1, 0.15) is 40.7 Å². The van der Waals surface area contributed by atoms with E-state index in [2.05, 4.69) is 33.2 Å². The molecule has 1 aromatic carbocycles. The predicted molar refractivity (Wildman–Crippen MR) is 101 cm³/mol.